The summed E-state index contributed by atoms with van der Waals surface area (Å²) in [5, 5.41) is 9.88. The van der Waals surface area contributed by atoms with Crippen molar-refractivity contribution < 1.29 is 9.90 Å². The fourth-order valence-electron chi connectivity index (χ4n) is 2.48. The van der Waals surface area contributed by atoms with Crippen LogP contribution in [0.1, 0.15) is 15.9 Å². The van der Waals surface area contributed by atoms with Crippen LogP contribution in [-0.4, -0.2) is 20.6 Å². The van der Waals surface area contributed by atoms with Crippen LogP contribution in [0.5, 0.6) is 0 Å². The number of benzene rings is 2. The summed E-state index contributed by atoms with van der Waals surface area (Å²) in [5.74, 6) is -1.12. The number of aromatic amines is 1. The fourth-order valence-corrected chi connectivity index (χ4v) is 2.61. The quantitative estimate of drug-likeness (QED) is 0.759. The van der Waals surface area contributed by atoms with E-state index in [4.69, 9.17) is 16.7 Å². The minimum absolute atomic E-state index is 0.0106. The Hall–Kier alpha value is -2.86. The number of carbonyl (C=O) groups is 1. The number of hydrogen-bond acceptors (Lipinski definition) is 3. The maximum atomic E-state index is 12.5. The summed E-state index contributed by atoms with van der Waals surface area (Å²) in [6.07, 6.45) is 0.499. The first-order chi connectivity index (χ1) is 11.5. The van der Waals surface area contributed by atoms with E-state index in [-0.39, 0.29) is 23.0 Å². The van der Waals surface area contributed by atoms with Crippen molar-refractivity contribution in [3.05, 3.63) is 79.5 Å². The van der Waals surface area contributed by atoms with E-state index in [2.05, 4.69) is 4.98 Å². The Kier molecular flexibility index (Phi) is 4.22. The Morgan fingerprint density at radius 3 is 2.50 bits per heavy atom. The van der Waals surface area contributed by atoms with Gasteiger partial charge in [-0.3, -0.25) is 9.36 Å². The Morgan fingerprint density at radius 1 is 1.12 bits per heavy atom. The highest BCUT2D eigenvalue weighted by Gasteiger charge is 2.10. The SMILES string of the molecule is O=C(O)c1ccc2c(=O)n(CCc3ccc(Cl)cc3)c(=O)[nH]c2c1. The van der Waals surface area contributed by atoms with E-state index < -0.39 is 17.2 Å². The number of hydrogen-bond donors (Lipinski definition) is 2. The number of aromatic carboxylic acids is 1. The molecule has 24 heavy (non-hydrogen) atoms. The third kappa shape index (κ3) is 3.09. The third-order valence-corrected chi connectivity index (χ3v) is 4.02. The summed E-state index contributed by atoms with van der Waals surface area (Å²) in [6.45, 7) is 0.215. The van der Waals surface area contributed by atoms with Gasteiger partial charge in [-0.05, 0) is 42.3 Å². The molecule has 1 aromatic heterocycles. The molecule has 0 saturated heterocycles. The molecule has 3 rings (SSSR count). The third-order valence-electron chi connectivity index (χ3n) is 3.77. The molecule has 0 fully saturated rings. The van der Waals surface area contributed by atoms with Crippen LogP contribution in [0.2, 0.25) is 5.02 Å². The first-order valence-electron chi connectivity index (χ1n) is 7.20. The lowest BCUT2D eigenvalue weighted by Gasteiger charge is -2.07. The molecule has 3 aromatic rings. The predicted octanol–water partition coefficient (Wildman–Crippen LogP) is 2.28. The minimum Gasteiger partial charge on any atom is -0.478 e. The summed E-state index contributed by atoms with van der Waals surface area (Å²) >= 11 is 5.83. The lowest BCUT2D eigenvalue weighted by Crippen LogP contribution is -2.35. The minimum atomic E-state index is -1.12. The largest absolute Gasteiger partial charge is 0.478 e. The lowest BCUT2D eigenvalue weighted by molar-refractivity contribution is 0.0697. The van der Waals surface area contributed by atoms with Gasteiger partial charge in [0.15, 0.2) is 0 Å². The van der Waals surface area contributed by atoms with Gasteiger partial charge >= 0.3 is 11.7 Å². The van der Waals surface area contributed by atoms with Gasteiger partial charge in [-0.15, -0.1) is 0 Å². The van der Waals surface area contributed by atoms with E-state index in [1.165, 1.54) is 18.2 Å². The van der Waals surface area contributed by atoms with E-state index in [0.717, 1.165) is 10.1 Å². The molecule has 0 saturated carbocycles. The molecular formula is C17H13ClN2O4. The van der Waals surface area contributed by atoms with Crippen molar-refractivity contribution in [2.24, 2.45) is 0 Å². The first-order valence-corrected chi connectivity index (χ1v) is 7.58. The standard InChI is InChI=1S/C17H13ClN2O4/c18-12-4-1-10(2-5-12)7-8-20-15(21)13-6-3-11(16(22)23)9-14(13)19-17(20)24/h1-6,9H,7-8H2,(H,19,24)(H,22,23). The number of rotatable bonds is 4. The molecule has 0 unspecified atom stereocenters. The number of nitrogens with zero attached hydrogens (tertiary/aromatic N) is 1. The van der Waals surface area contributed by atoms with Crippen molar-refractivity contribution in [3.8, 4) is 0 Å². The maximum Gasteiger partial charge on any atom is 0.335 e. The average molecular weight is 345 g/mol. The molecule has 0 bridgehead atoms. The molecule has 0 spiro atoms. The molecule has 0 amide bonds. The number of carboxylic acids is 1. The molecular weight excluding hydrogens is 332 g/mol. The van der Waals surface area contributed by atoms with Gasteiger partial charge in [0.25, 0.3) is 5.56 Å². The molecule has 0 aliphatic heterocycles. The normalized spacial score (nSPS) is 10.9. The molecule has 0 aliphatic rings. The number of nitrogens with one attached hydrogen (secondary N) is 1. The molecule has 0 aliphatic carbocycles. The molecule has 0 radical (unpaired) electrons. The molecule has 7 heteroatoms. The molecule has 1 heterocycles. The summed E-state index contributed by atoms with van der Waals surface area (Å²) in [6, 6.07) is 11.2. The number of fused-ring (bicyclic) bond motifs is 1. The molecule has 2 N–H and O–H groups in total. The van der Waals surface area contributed by atoms with Crippen molar-refractivity contribution in [3.63, 3.8) is 0 Å². The lowest BCUT2D eigenvalue weighted by atomic mass is 10.1. The Balaban J connectivity index is 1.98. The number of H-pyrrole nitrogens is 1. The van der Waals surface area contributed by atoms with E-state index in [9.17, 15) is 14.4 Å². The van der Waals surface area contributed by atoms with E-state index in [0.29, 0.717) is 11.4 Å². The van der Waals surface area contributed by atoms with Crippen LogP contribution in [-0.2, 0) is 13.0 Å². The van der Waals surface area contributed by atoms with Crippen molar-refractivity contribution in [2.75, 3.05) is 0 Å². The van der Waals surface area contributed by atoms with Gasteiger partial charge in [0, 0.05) is 11.6 Å². The Labute approximate surface area is 140 Å². The highest BCUT2D eigenvalue weighted by Crippen LogP contribution is 2.11. The Morgan fingerprint density at radius 2 is 1.83 bits per heavy atom. The zero-order chi connectivity index (χ0) is 17.3. The smallest absolute Gasteiger partial charge is 0.335 e. The van der Waals surface area contributed by atoms with Gasteiger partial charge in [-0.25, -0.2) is 9.59 Å². The van der Waals surface area contributed by atoms with Crippen LogP contribution in [0.3, 0.4) is 0 Å². The number of carboxylic acid groups (broad SMARTS) is 1. The van der Waals surface area contributed by atoms with Crippen molar-refractivity contribution >= 4 is 28.5 Å². The zero-order valence-corrected chi connectivity index (χ0v) is 13.2. The fraction of sp³-hybridized carbons (Fsp3) is 0.118. The van der Waals surface area contributed by atoms with Gasteiger partial charge in [0.1, 0.15) is 0 Å². The van der Waals surface area contributed by atoms with Crippen molar-refractivity contribution in [1.29, 1.82) is 0 Å². The summed E-state index contributed by atoms with van der Waals surface area (Å²) in [5.41, 5.74) is 0.166. The van der Waals surface area contributed by atoms with Gasteiger partial charge < -0.3 is 10.1 Å². The van der Waals surface area contributed by atoms with E-state index >= 15 is 0 Å². The van der Waals surface area contributed by atoms with Gasteiger partial charge in [0.2, 0.25) is 0 Å². The summed E-state index contributed by atoms with van der Waals surface area (Å²) < 4.78 is 1.11. The van der Waals surface area contributed by atoms with Crippen molar-refractivity contribution in [2.45, 2.75) is 13.0 Å². The molecule has 6 nitrogen and oxygen atoms in total. The van der Waals surface area contributed by atoms with Gasteiger partial charge in [-0.2, -0.15) is 0 Å². The van der Waals surface area contributed by atoms with Gasteiger partial charge in [-0.1, -0.05) is 23.7 Å². The molecule has 2 aromatic carbocycles. The highest BCUT2D eigenvalue weighted by molar-refractivity contribution is 6.30. The number of halogens is 1. The second-order valence-electron chi connectivity index (χ2n) is 5.33. The zero-order valence-electron chi connectivity index (χ0n) is 12.5. The van der Waals surface area contributed by atoms with Crippen LogP contribution in [0.25, 0.3) is 10.9 Å². The predicted molar refractivity (Wildman–Crippen MR) is 90.9 cm³/mol. The monoisotopic (exact) mass is 344 g/mol. The van der Waals surface area contributed by atoms with Crippen LogP contribution in [0, 0.1) is 0 Å². The maximum absolute atomic E-state index is 12.5. The first kappa shape index (κ1) is 16.0. The van der Waals surface area contributed by atoms with Crippen LogP contribution in [0.15, 0.2) is 52.1 Å². The average Bonchev–Trinajstić information content (AvgIpc) is 2.55. The highest BCUT2D eigenvalue weighted by atomic mass is 35.5. The van der Waals surface area contributed by atoms with Crippen molar-refractivity contribution in [1.82, 2.24) is 9.55 Å². The summed E-state index contributed by atoms with van der Waals surface area (Å²) in [4.78, 5) is 38.2. The molecule has 122 valence electrons. The van der Waals surface area contributed by atoms with Gasteiger partial charge in [0.05, 0.1) is 16.5 Å². The van der Waals surface area contributed by atoms with E-state index in [1.54, 1.807) is 12.1 Å². The topological polar surface area (TPSA) is 92.2 Å². The number of aromatic nitrogens is 2. The van der Waals surface area contributed by atoms with Crippen LogP contribution in [0.4, 0.5) is 0 Å². The van der Waals surface area contributed by atoms with Crippen LogP contribution >= 0.6 is 11.6 Å². The van der Waals surface area contributed by atoms with Crippen LogP contribution < -0.4 is 11.2 Å². The van der Waals surface area contributed by atoms with E-state index in [1.807, 2.05) is 12.1 Å². The summed E-state index contributed by atoms with van der Waals surface area (Å²) in [7, 11) is 0. The molecule has 0 atom stereocenters. The second kappa shape index (κ2) is 6.33. The second-order valence-corrected chi connectivity index (χ2v) is 5.77. The Bertz CT molecular complexity index is 1040. The number of aryl methyl sites for hydroxylation is 1.